The van der Waals surface area contributed by atoms with Crippen LogP contribution in [0.15, 0.2) is 30.6 Å². The molecule has 27 heavy (non-hydrogen) atoms. The van der Waals surface area contributed by atoms with Gasteiger partial charge >= 0.3 is 0 Å². The molecule has 0 spiro atoms. The monoisotopic (exact) mass is 365 g/mol. The van der Waals surface area contributed by atoms with E-state index in [4.69, 9.17) is 4.98 Å². The molecule has 0 saturated carbocycles. The summed E-state index contributed by atoms with van der Waals surface area (Å²) >= 11 is 0. The van der Waals surface area contributed by atoms with Crippen LogP contribution >= 0.6 is 0 Å². The maximum Gasteiger partial charge on any atom is 0.179 e. The second-order valence-corrected chi connectivity index (χ2v) is 7.44. The predicted octanol–water partition coefficient (Wildman–Crippen LogP) is 2.05. The lowest BCUT2D eigenvalue weighted by atomic mass is 10.2. The maximum atomic E-state index is 4.72. The number of aromatic nitrogens is 4. The number of aryl methyl sites for hydroxylation is 1. The number of imidazole rings is 1. The van der Waals surface area contributed by atoms with E-state index in [9.17, 15) is 0 Å². The molecule has 7 heteroatoms. The predicted molar refractivity (Wildman–Crippen MR) is 108 cm³/mol. The zero-order valence-electron chi connectivity index (χ0n) is 16.3. The van der Waals surface area contributed by atoms with E-state index in [1.165, 1.54) is 11.3 Å². The second-order valence-electron chi connectivity index (χ2n) is 7.44. The fraction of sp³-hybridized carbons (Fsp3) is 0.450. The average Bonchev–Trinajstić information content (AvgIpc) is 3.06. The summed E-state index contributed by atoms with van der Waals surface area (Å²) < 4.78 is 0. The zero-order chi connectivity index (χ0) is 18.8. The number of fused-ring (bicyclic) bond motifs is 1. The number of hydrogen-bond acceptors (Lipinski definition) is 6. The molecule has 0 radical (unpaired) electrons. The summed E-state index contributed by atoms with van der Waals surface area (Å²) in [7, 11) is 4.27. The Labute approximate surface area is 160 Å². The first kappa shape index (κ1) is 17.9. The molecule has 1 aliphatic rings. The molecule has 3 aromatic rings. The van der Waals surface area contributed by atoms with E-state index in [0.717, 1.165) is 62.0 Å². The van der Waals surface area contributed by atoms with E-state index in [2.05, 4.69) is 62.8 Å². The molecular weight excluding hydrogens is 338 g/mol. The summed E-state index contributed by atoms with van der Waals surface area (Å²) in [5.74, 6) is 0.940. The van der Waals surface area contributed by atoms with E-state index >= 15 is 0 Å². The second kappa shape index (κ2) is 7.62. The van der Waals surface area contributed by atoms with Crippen molar-refractivity contribution >= 4 is 16.9 Å². The van der Waals surface area contributed by atoms with Gasteiger partial charge < -0.3 is 14.8 Å². The number of rotatable bonds is 5. The van der Waals surface area contributed by atoms with Crippen molar-refractivity contribution in [2.24, 2.45) is 0 Å². The lowest BCUT2D eigenvalue weighted by molar-refractivity contribution is 0.307. The van der Waals surface area contributed by atoms with Crippen molar-refractivity contribution in [2.45, 2.75) is 20.0 Å². The summed E-state index contributed by atoms with van der Waals surface area (Å²) in [5, 5.41) is 0. The number of pyridine rings is 2. The van der Waals surface area contributed by atoms with Gasteiger partial charge in [0.25, 0.3) is 0 Å². The molecule has 1 aliphatic heterocycles. The lowest BCUT2D eigenvalue weighted by Gasteiger charge is -2.34. The third-order valence-corrected chi connectivity index (χ3v) is 5.22. The van der Waals surface area contributed by atoms with Gasteiger partial charge in [-0.25, -0.2) is 9.97 Å². The van der Waals surface area contributed by atoms with Gasteiger partial charge in [0.15, 0.2) is 5.65 Å². The minimum atomic E-state index is 0.731. The highest BCUT2D eigenvalue weighted by Crippen LogP contribution is 2.25. The first-order valence-electron chi connectivity index (χ1n) is 9.46. The van der Waals surface area contributed by atoms with Crippen LogP contribution in [0.1, 0.15) is 17.1 Å². The van der Waals surface area contributed by atoms with Crippen molar-refractivity contribution in [3.05, 3.63) is 47.7 Å². The Kier molecular flexibility index (Phi) is 5.05. The number of nitrogens with one attached hydrogen (secondary N) is 1. The Bertz CT molecular complexity index is 912. The van der Waals surface area contributed by atoms with E-state index in [0.29, 0.717) is 0 Å². The van der Waals surface area contributed by atoms with Crippen molar-refractivity contribution < 1.29 is 0 Å². The molecule has 3 aromatic heterocycles. The van der Waals surface area contributed by atoms with Gasteiger partial charge in [-0.15, -0.1) is 0 Å². The molecule has 142 valence electrons. The van der Waals surface area contributed by atoms with Crippen LogP contribution < -0.4 is 4.90 Å². The molecule has 0 aliphatic carbocycles. The minimum Gasteiger partial charge on any atom is -0.367 e. The highest BCUT2D eigenvalue weighted by atomic mass is 15.3. The van der Waals surface area contributed by atoms with Gasteiger partial charge in [-0.2, -0.15) is 0 Å². The van der Waals surface area contributed by atoms with Crippen LogP contribution in [0.25, 0.3) is 11.2 Å². The summed E-state index contributed by atoms with van der Waals surface area (Å²) in [6, 6.07) is 6.17. The molecule has 4 heterocycles. The highest BCUT2D eigenvalue weighted by Gasteiger charge is 2.18. The molecular formula is C20H27N7. The van der Waals surface area contributed by atoms with Crippen molar-refractivity contribution in [1.29, 1.82) is 0 Å². The molecule has 1 N–H and O–H groups in total. The van der Waals surface area contributed by atoms with Gasteiger partial charge in [-0.05, 0) is 38.7 Å². The zero-order valence-corrected chi connectivity index (χ0v) is 16.3. The Morgan fingerprint density at radius 2 is 1.89 bits per heavy atom. The highest BCUT2D eigenvalue weighted by molar-refractivity contribution is 5.86. The van der Waals surface area contributed by atoms with Gasteiger partial charge in [-0.1, -0.05) is 6.07 Å². The molecule has 4 rings (SSSR count). The van der Waals surface area contributed by atoms with Gasteiger partial charge in [-0.3, -0.25) is 9.88 Å². The number of nitrogens with zero attached hydrogens (tertiary/aromatic N) is 6. The fourth-order valence-corrected chi connectivity index (χ4v) is 3.58. The summed E-state index contributed by atoms with van der Waals surface area (Å²) in [4.78, 5) is 24.2. The van der Waals surface area contributed by atoms with Crippen molar-refractivity contribution in [1.82, 2.24) is 29.7 Å². The molecule has 0 unspecified atom stereocenters. The smallest absolute Gasteiger partial charge is 0.179 e. The third kappa shape index (κ3) is 3.94. The Balaban J connectivity index is 1.51. The molecule has 0 atom stereocenters. The molecule has 7 nitrogen and oxygen atoms in total. The van der Waals surface area contributed by atoms with Crippen molar-refractivity contribution in [2.75, 3.05) is 45.2 Å². The van der Waals surface area contributed by atoms with E-state index in [1.807, 2.05) is 18.5 Å². The molecule has 0 bridgehead atoms. The standard InChI is InChI=1S/C20H27N7/c1-15-5-4-7-21-16(15)13-26(3)14-18-23-19-17(6-8-22-20(19)24-18)27-11-9-25(2)10-12-27/h4-8H,9-14H2,1-3H3,(H,22,23,24). The Morgan fingerprint density at radius 3 is 2.67 bits per heavy atom. The fourth-order valence-electron chi connectivity index (χ4n) is 3.58. The normalized spacial score (nSPS) is 15.8. The molecule has 1 saturated heterocycles. The lowest BCUT2D eigenvalue weighted by Crippen LogP contribution is -2.44. The van der Waals surface area contributed by atoms with Crippen LogP contribution in [0.2, 0.25) is 0 Å². The topological polar surface area (TPSA) is 64.2 Å². The number of aromatic amines is 1. The van der Waals surface area contributed by atoms with Crippen molar-refractivity contribution in [3.63, 3.8) is 0 Å². The number of likely N-dealkylation sites (N-methyl/N-ethyl adjacent to an activating group) is 1. The van der Waals surface area contributed by atoms with Gasteiger partial charge in [0, 0.05) is 45.1 Å². The molecule has 1 fully saturated rings. The van der Waals surface area contributed by atoms with Crippen LogP contribution in [0.3, 0.4) is 0 Å². The third-order valence-electron chi connectivity index (χ3n) is 5.22. The number of anilines is 1. The summed E-state index contributed by atoms with van der Waals surface area (Å²) in [6.45, 7) is 7.85. The van der Waals surface area contributed by atoms with Crippen LogP contribution in [0.4, 0.5) is 5.69 Å². The molecule has 0 amide bonds. The van der Waals surface area contributed by atoms with E-state index < -0.39 is 0 Å². The van der Waals surface area contributed by atoms with Gasteiger partial charge in [0.2, 0.25) is 0 Å². The number of piperazine rings is 1. The number of hydrogen-bond donors (Lipinski definition) is 1. The van der Waals surface area contributed by atoms with Crippen LogP contribution in [-0.4, -0.2) is 70.0 Å². The quantitative estimate of drug-likeness (QED) is 0.747. The Hall–Kier alpha value is -2.51. The van der Waals surface area contributed by atoms with Crippen LogP contribution in [-0.2, 0) is 13.1 Å². The van der Waals surface area contributed by atoms with Gasteiger partial charge in [0.1, 0.15) is 11.3 Å². The summed E-state index contributed by atoms with van der Waals surface area (Å²) in [6.07, 6.45) is 3.71. The largest absolute Gasteiger partial charge is 0.367 e. The first-order valence-corrected chi connectivity index (χ1v) is 9.46. The molecule has 0 aromatic carbocycles. The van der Waals surface area contributed by atoms with Gasteiger partial charge in [0.05, 0.1) is 17.9 Å². The average molecular weight is 365 g/mol. The first-order chi connectivity index (χ1) is 13.1. The van der Waals surface area contributed by atoms with Crippen molar-refractivity contribution in [3.8, 4) is 0 Å². The van der Waals surface area contributed by atoms with E-state index in [1.54, 1.807) is 0 Å². The van der Waals surface area contributed by atoms with Crippen LogP contribution in [0.5, 0.6) is 0 Å². The Morgan fingerprint density at radius 1 is 1.07 bits per heavy atom. The SMILES string of the molecule is Cc1cccnc1CN(C)Cc1nc2nccc(N3CCN(C)CC3)c2[nH]1. The number of H-pyrrole nitrogens is 1. The van der Waals surface area contributed by atoms with E-state index in [-0.39, 0.29) is 0 Å². The maximum absolute atomic E-state index is 4.72. The van der Waals surface area contributed by atoms with Crippen LogP contribution in [0, 0.1) is 6.92 Å². The summed E-state index contributed by atoms with van der Waals surface area (Å²) in [5.41, 5.74) is 5.36. The minimum absolute atomic E-state index is 0.731.